The molecule has 2 aromatic carbocycles. The Kier molecular flexibility index (Phi) is 7.11. The molecule has 0 unspecified atom stereocenters. The van der Waals surface area contributed by atoms with Crippen molar-refractivity contribution in [2.45, 2.75) is 38.6 Å². The number of carbonyl (C=O) groups is 2. The van der Waals surface area contributed by atoms with Crippen LogP contribution in [-0.2, 0) is 4.79 Å². The summed E-state index contributed by atoms with van der Waals surface area (Å²) in [6.07, 6.45) is 2.55. The minimum absolute atomic E-state index is 0.0242. The number of ether oxygens (including phenoxy) is 1. The highest BCUT2D eigenvalue weighted by Crippen LogP contribution is 2.18. The van der Waals surface area contributed by atoms with Gasteiger partial charge in [-0.1, -0.05) is 24.3 Å². The molecule has 0 radical (unpaired) electrons. The van der Waals surface area contributed by atoms with E-state index in [1.807, 2.05) is 31.2 Å². The number of likely N-dealkylation sites (tertiary alicyclic amines) is 1. The van der Waals surface area contributed by atoms with E-state index >= 15 is 0 Å². The number of piperidine rings is 1. The molecule has 1 saturated heterocycles. The summed E-state index contributed by atoms with van der Waals surface area (Å²) in [5.41, 5.74) is 1.57. The standard InChI is InChI=1S/C23H28N2O4/c1-17-6-2-3-9-21(17)29-15-5-10-22(27)24-19-11-13-25(14-12-19)23(28)18-7-4-8-20(26)16-18/h2-4,6-9,16,19,26H,5,10-15H2,1H3,(H,24,27). The fraction of sp³-hybridized carbons (Fsp3) is 0.391. The van der Waals surface area contributed by atoms with Gasteiger partial charge in [0.1, 0.15) is 11.5 Å². The zero-order chi connectivity index (χ0) is 20.6. The first-order valence-corrected chi connectivity index (χ1v) is 10.1. The second-order valence-corrected chi connectivity index (χ2v) is 7.40. The first-order valence-electron chi connectivity index (χ1n) is 10.1. The number of phenols is 1. The van der Waals surface area contributed by atoms with Gasteiger partial charge >= 0.3 is 0 Å². The van der Waals surface area contributed by atoms with Gasteiger partial charge in [-0.05, 0) is 56.0 Å². The number of phenolic OH excluding ortho intramolecular Hbond substituents is 1. The number of carbonyl (C=O) groups excluding carboxylic acids is 2. The summed E-state index contributed by atoms with van der Waals surface area (Å²) >= 11 is 0. The van der Waals surface area contributed by atoms with Gasteiger partial charge in [0.25, 0.3) is 5.91 Å². The van der Waals surface area contributed by atoms with Crippen LogP contribution in [0.25, 0.3) is 0 Å². The third-order valence-corrected chi connectivity index (χ3v) is 5.14. The maximum Gasteiger partial charge on any atom is 0.253 e. The third kappa shape index (κ3) is 5.98. The molecule has 2 aromatic rings. The molecule has 0 atom stereocenters. The number of aromatic hydroxyl groups is 1. The molecule has 1 heterocycles. The fourth-order valence-electron chi connectivity index (χ4n) is 3.48. The largest absolute Gasteiger partial charge is 0.508 e. The van der Waals surface area contributed by atoms with Gasteiger partial charge < -0.3 is 20.1 Å². The summed E-state index contributed by atoms with van der Waals surface area (Å²) in [5.74, 6) is 0.885. The fourth-order valence-corrected chi connectivity index (χ4v) is 3.48. The lowest BCUT2D eigenvalue weighted by Crippen LogP contribution is -2.46. The van der Waals surface area contributed by atoms with Crippen LogP contribution in [0.3, 0.4) is 0 Å². The van der Waals surface area contributed by atoms with Gasteiger partial charge in [0.15, 0.2) is 0 Å². The van der Waals surface area contributed by atoms with Crippen LogP contribution in [0.15, 0.2) is 48.5 Å². The summed E-state index contributed by atoms with van der Waals surface area (Å²) in [7, 11) is 0. The molecule has 29 heavy (non-hydrogen) atoms. The lowest BCUT2D eigenvalue weighted by atomic mass is 10.0. The highest BCUT2D eigenvalue weighted by atomic mass is 16.5. The van der Waals surface area contributed by atoms with Crippen LogP contribution in [0.5, 0.6) is 11.5 Å². The van der Waals surface area contributed by atoms with Crippen molar-refractivity contribution in [3.8, 4) is 11.5 Å². The van der Waals surface area contributed by atoms with E-state index in [1.165, 1.54) is 6.07 Å². The zero-order valence-corrected chi connectivity index (χ0v) is 16.8. The Morgan fingerprint density at radius 2 is 1.90 bits per heavy atom. The Hall–Kier alpha value is -3.02. The Balaban J connectivity index is 1.35. The van der Waals surface area contributed by atoms with E-state index in [0.29, 0.717) is 38.1 Å². The van der Waals surface area contributed by atoms with E-state index < -0.39 is 0 Å². The monoisotopic (exact) mass is 396 g/mol. The number of rotatable bonds is 7. The average Bonchev–Trinajstić information content (AvgIpc) is 2.72. The second-order valence-electron chi connectivity index (χ2n) is 7.40. The average molecular weight is 396 g/mol. The molecular weight excluding hydrogens is 368 g/mol. The van der Waals surface area contributed by atoms with E-state index in [1.54, 1.807) is 23.1 Å². The normalized spacial score (nSPS) is 14.4. The quantitative estimate of drug-likeness (QED) is 0.704. The van der Waals surface area contributed by atoms with E-state index in [9.17, 15) is 14.7 Å². The Bertz CT molecular complexity index is 844. The van der Waals surface area contributed by atoms with E-state index in [-0.39, 0.29) is 23.6 Å². The van der Waals surface area contributed by atoms with Gasteiger partial charge in [0, 0.05) is 31.1 Å². The third-order valence-electron chi connectivity index (χ3n) is 5.14. The minimum atomic E-state index is -0.0842. The molecular formula is C23H28N2O4. The van der Waals surface area contributed by atoms with Crippen molar-refractivity contribution >= 4 is 11.8 Å². The first-order chi connectivity index (χ1) is 14.0. The van der Waals surface area contributed by atoms with Crippen molar-refractivity contribution in [3.63, 3.8) is 0 Å². The van der Waals surface area contributed by atoms with Crippen LogP contribution in [-0.4, -0.2) is 47.6 Å². The highest BCUT2D eigenvalue weighted by molar-refractivity contribution is 5.94. The minimum Gasteiger partial charge on any atom is -0.508 e. The topological polar surface area (TPSA) is 78.9 Å². The van der Waals surface area contributed by atoms with E-state index in [2.05, 4.69) is 5.32 Å². The Morgan fingerprint density at radius 3 is 2.62 bits per heavy atom. The summed E-state index contributed by atoms with van der Waals surface area (Å²) in [4.78, 5) is 26.5. The molecule has 1 aliphatic rings. The number of amides is 2. The lowest BCUT2D eigenvalue weighted by molar-refractivity contribution is -0.122. The number of benzene rings is 2. The van der Waals surface area contributed by atoms with Gasteiger partial charge in [0.2, 0.25) is 5.91 Å². The van der Waals surface area contributed by atoms with Crippen LogP contribution in [0.4, 0.5) is 0 Å². The maximum absolute atomic E-state index is 12.5. The molecule has 2 amide bonds. The first kappa shape index (κ1) is 20.7. The van der Waals surface area contributed by atoms with Crippen LogP contribution < -0.4 is 10.1 Å². The van der Waals surface area contributed by atoms with Gasteiger partial charge in [-0.15, -0.1) is 0 Å². The number of aryl methyl sites for hydroxylation is 1. The Labute approximate surface area is 171 Å². The number of hydrogen-bond acceptors (Lipinski definition) is 4. The van der Waals surface area contributed by atoms with Crippen molar-refractivity contribution < 1.29 is 19.4 Å². The Morgan fingerprint density at radius 1 is 1.14 bits per heavy atom. The van der Waals surface area contributed by atoms with Gasteiger partial charge in [-0.25, -0.2) is 0 Å². The maximum atomic E-state index is 12.5. The summed E-state index contributed by atoms with van der Waals surface area (Å²) < 4.78 is 5.73. The molecule has 0 bridgehead atoms. The van der Waals surface area contributed by atoms with Gasteiger partial charge in [0.05, 0.1) is 6.61 Å². The van der Waals surface area contributed by atoms with Crippen molar-refractivity contribution in [1.29, 1.82) is 0 Å². The second kappa shape index (κ2) is 9.96. The molecule has 0 aliphatic carbocycles. The number of hydrogen-bond donors (Lipinski definition) is 2. The molecule has 0 spiro atoms. The molecule has 1 aliphatic heterocycles. The molecule has 6 nitrogen and oxygen atoms in total. The predicted octanol–water partition coefficient (Wildman–Crippen LogP) is 3.28. The zero-order valence-electron chi connectivity index (χ0n) is 16.8. The number of para-hydroxylation sites is 1. The molecule has 0 aromatic heterocycles. The van der Waals surface area contributed by atoms with Crippen molar-refractivity contribution in [3.05, 3.63) is 59.7 Å². The molecule has 1 fully saturated rings. The van der Waals surface area contributed by atoms with Crippen molar-refractivity contribution in [2.24, 2.45) is 0 Å². The molecule has 2 N–H and O–H groups in total. The highest BCUT2D eigenvalue weighted by Gasteiger charge is 2.24. The van der Waals surface area contributed by atoms with Crippen molar-refractivity contribution in [2.75, 3.05) is 19.7 Å². The summed E-state index contributed by atoms with van der Waals surface area (Å²) in [6, 6.07) is 14.3. The summed E-state index contributed by atoms with van der Waals surface area (Å²) in [5, 5.41) is 12.6. The smallest absolute Gasteiger partial charge is 0.253 e. The number of nitrogens with one attached hydrogen (secondary N) is 1. The van der Waals surface area contributed by atoms with Gasteiger partial charge in [-0.2, -0.15) is 0 Å². The van der Waals surface area contributed by atoms with Crippen LogP contribution in [0, 0.1) is 6.92 Å². The van der Waals surface area contributed by atoms with Crippen LogP contribution in [0.2, 0.25) is 0 Å². The SMILES string of the molecule is Cc1ccccc1OCCCC(=O)NC1CCN(C(=O)c2cccc(O)c2)CC1. The molecule has 154 valence electrons. The molecule has 3 rings (SSSR count). The van der Waals surface area contributed by atoms with Crippen LogP contribution >= 0.6 is 0 Å². The summed E-state index contributed by atoms with van der Waals surface area (Å²) in [6.45, 7) is 3.69. The predicted molar refractivity (Wildman–Crippen MR) is 111 cm³/mol. The lowest BCUT2D eigenvalue weighted by Gasteiger charge is -2.32. The number of nitrogens with zero attached hydrogens (tertiary/aromatic N) is 1. The van der Waals surface area contributed by atoms with Crippen LogP contribution in [0.1, 0.15) is 41.6 Å². The van der Waals surface area contributed by atoms with E-state index in [0.717, 1.165) is 24.2 Å². The van der Waals surface area contributed by atoms with Gasteiger partial charge in [-0.3, -0.25) is 9.59 Å². The molecule has 0 saturated carbocycles. The molecule has 6 heteroatoms. The van der Waals surface area contributed by atoms with E-state index in [4.69, 9.17) is 4.74 Å². The van der Waals surface area contributed by atoms with Crippen molar-refractivity contribution in [1.82, 2.24) is 10.2 Å².